The van der Waals surface area contributed by atoms with E-state index in [-0.39, 0.29) is 6.04 Å². The zero-order valence-corrected chi connectivity index (χ0v) is 12.2. The number of hydrogen-bond donors (Lipinski definition) is 1. The van der Waals surface area contributed by atoms with Gasteiger partial charge in [-0.1, -0.05) is 13.8 Å². The number of nitrogens with zero attached hydrogens (tertiary/aromatic N) is 1. The number of nitrogens with one attached hydrogen (secondary N) is 1. The van der Waals surface area contributed by atoms with Gasteiger partial charge in [0.1, 0.15) is 6.61 Å². The lowest BCUT2D eigenvalue weighted by Gasteiger charge is -2.22. The summed E-state index contributed by atoms with van der Waals surface area (Å²) in [6.45, 7) is 6.06. The normalized spacial score (nSPS) is 12.5. The minimum absolute atomic E-state index is 0.270. The van der Waals surface area contributed by atoms with E-state index in [1.54, 1.807) is 20.4 Å². The van der Waals surface area contributed by atoms with E-state index in [4.69, 9.17) is 14.2 Å². The highest BCUT2D eigenvalue weighted by Crippen LogP contribution is 2.15. The number of methoxy groups -OCH3 is 2. The Morgan fingerprint density at radius 2 is 1.95 bits per heavy atom. The predicted molar refractivity (Wildman–Crippen MR) is 75.7 cm³/mol. The number of pyridine rings is 1. The maximum absolute atomic E-state index is 5.41. The van der Waals surface area contributed by atoms with Crippen LogP contribution in [0.3, 0.4) is 0 Å². The van der Waals surface area contributed by atoms with Gasteiger partial charge in [-0.15, -0.1) is 0 Å². The molecule has 5 heteroatoms. The van der Waals surface area contributed by atoms with Gasteiger partial charge in [0.2, 0.25) is 5.88 Å². The fourth-order valence-corrected chi connectivity index (χ4v) is 1.58. The Labute approximate surface area is 115 Å². The van der Waals surface area contributed by atoms with Crippen molar-refractivity contribution in [3.63, 3.8) is 0 Å². The van der Waals surface area contributed by atoms with E-state index < -0.39 is 0 Å². The third-order valence-corrected chi connectivity index (χ3v) is 2.78. The van der Waals surface area contributed by atoms with Crippen molar-refractivity contribution in [3.8, 4) is 5.88 Å². The van der Waals surface area contributed by atoms with Gasteiger partial charge in [-0.05, 0) is 12.0 Å². The van der Waals surface area contributed by atoms with E-state index in [0.29, 0.717) is 31.6 Å². The van der Waals surface area contributed by atoms with Gasteiger partial charge in [-0.3, -0.25) is 0 Å². The van der Waals surface area contributed by atoms with Gasteiger partial charge in [-0.2, -0.15) is 0 Å². The summed E-state index contributed by atoms with van der Waals surface area (Å²) in [5.41, 5.74) is 0.967. The molecule has 1 unspecified atom stereocenters. The van der Waals surface area contributed by atoms with Crippen molar-refractivity contribution in [2.75, 3.05) is 39.4 Å². The topological polar surface area (TPSA) is 52.6 Å². The van der Waals surface area contributed by atoms with Crippen LogP contribution in [0, 0.1) is 5.92 Å². The van der Waals surface area contributed by atoms with E-state index in [0.717, 1.165) is 5.69 Å². The standard InChI is InChI=1S/C14H24N2O3/c1-11(2)13(10-18-4)16-12-5-6-14(15-9-12)19-8-7-17-3/h5-6,9,11,13,16H,7-8,10H2,1-4H3. The maximum Gasteiger partial charge on any atom is 0.213 e. The third-order valence-electron chi connectivity index (χ3n) is 2.78. The zero-order chi connectivity index (χ0) is 14.1. The third kappa shape index (κ3) is 5.89. The Balaban J connectivity index is 2.50. The van der Waals surface area contributed by atoms with Gasteiger partial charge < -0.3 is 19.5 Å². The number of rotatable bonds is 9. The Bertz CT molecular complexity index is 341. The Morgan fingerprint density at radius 3 is 2.47 bits per heavy atom. The van der Waals surface area contributed by atoms with Crippen LogP contribution < -0.4 is 10.1 Å². The molecule has 1 heterocycles. The summed E-state index contributed by atoms with van der Waals surface area (Å²) < 4.78 is 15.5. The van der Waals surface area contributed by atoms with Crippen LogP contribution >= 0.6 is 0 Å². The molecule has 0 aliphatic rings. The number of aromatic nitrogens is 1. The lowest BCUT2D eigenvalue weighted by molar-refractivity contribution is 0.144. The summed E-state index contributed by atoms with van der Waals surface area (Å²) in [6.07, 6.45) is 1.77. The van der Waals surface area contributed by atoms with E-state index in [2.05, 4.69) is 24.1 Å². The minimum Gasteiger partial charge on any atom is -0.475 e. The van der Waals surface area contributed by atoms with Gasteiger partial charge in [-0.25, -0.2) is 4.98 Å². The van der Waals surface area contributed by atoms with Crippen molar-refractivity contribution >= 4 is 5.69 Å². The first-order chi connectivity index (χ1) is 9.17. The molecular weight excluding hydrogens is 244 g/mol. The van der Waals surface area contributed by atoms with Crippen LogP contribution in [0.4, 0.5) is 5.69 Å². The average molecular weight is 268 g/mol. The first-order valence-corrected chi connectivity index (χ1v) is 6.50. The molecule has 1 N–H and O–H groups in total. The smallest absolute Gasteiger partial charge is 0.213 e. The SMILES string of the molecule is COCCOc1ccc(NC(COC)C(C)C)cn1. The molecule has 0 spiro atoms. The molecule has 0 saturated heterocycles. The van der Waals surface area contributed by atoms with E-state index in [1.165, 1.54) is 0 Å². The Morgan fingerprint density at radius 1 is 1.16 bits per heavy atom. The van der Waals surface area contributed by atoms with Crippen LogP contribution in [0.15, 0.2) is 18.3 Å². The van der Waals surface area contributed by atoms with E-state index >= 15 is 0 Å². The van der Waals surface area contributed by atoms with Crippen molar-refractivity contribution in [1.29, 1.82) is 0 Å². The second kappa shape index (κ2) is 8.72. The summed E-state index contributed by atoms with van der Waals surface area (Å²) >= 11 is 0. The molecule has 1 rings (SSSR count). The maximum atomic E-state index is 5.41. The lowest BCUT2D eigenvalue weighted by Crippen LogP contribution is -2.30. The molecule has 0 aliphatic heterocycles. The van der Waals surface area contributed by atoms with Crippen LogP contribution in [0.25, 0.3) is 0 Å². The van der Waals surface area contributed by atoms with E-state index in [9.17, 15) is 0 Å². The molecular formula is C14H24N2O3. The number of anilines is 1. The second-order valence-corrected chi connectivity index (χ2v) is 4.68. The quantitative estimate of drug-likeness (QED) is 0.696. The number of ether oxygens (including phenoxy) is 3. The van der Waals surface area contributed by atoms with Crippen molar-refractivity contribution in [2.45, 2.75) is 19.9 Å². The van der Waals surface area contributed by atoms with Gasteiger partial charge in [0.05, 0.1) is 31.1 Å². The summed E-state index contributed by atoms with van der Waals surface area (Å²) in [4.78, 5) is 4.24. The molecule has 0 amide bonds. The van der Waals surface area contributed by atoms with Crippen molar-refractivity contribution in [3.05, 3.63) is 18.3 Å². The van der Waals surface area contributed by atoms with Crippen molar-refractivity contribution < 1.29 is 14.2 Å². The molecule has 1 aromatic rings. The summed E-state index contributed by atoms with van der Waals surface area (Å²) in [7, 11) is 3.35. The molecule has 0 radical (unpaired) electrons. The zero-order valence-electron chi connectivity index (χ0n) is 12.2. The monoisotopic (exact) mass is 268 g/mol. The van der Waals surface area contributed by atoms with Gasteiger partial charge >= 0.3 is 0 Å². The minimum atomic E-state index is 0.270. The molecule has 0 fully saturated rings. The van der Waals surface area contributed by atoms with Gasteiger partial charge in [0.15, 0.2) is 0 Å². The molecule has 0 aromatic carbocycles. The van der Waals surface area contributed by atoms with Crippen molar-refractivity contribution in [2.24, 2.45) is 5.92 Å². The molecule has 5 nitrogen and oxygen atoms in total. The lowest BCUT2D eigenvalue weighted by atomic mass is 10.1. The summed E-state index contributed by atoms with van der Waals surface area (Å²) in [5, 5.41) is 3.41. The summed E-state index contributed by atoms with van der Waals surface area (Å²) in [5.74, 6) is 1.09. The van der Waals surface area contributed by atoms with Crippen molar-refractivity contribution in [1.82, 2.24) is 4.98 Å². The Kier molecular flexibility index (Phi) is 7.22. The highest BCUT2D eigenvalue weighted by molar-refractivity contribution is 5.43. The highest BCUT2D eigenvalue weighted by Gasteiger charge is 2.12. The first kappa shape index (κ1) is 15.7. The average Bonchev–Trinajstić information content (AvgIpc) is 2.40. The highest BCUT2D eigenvalue weighted by atomic mass is 16.5. The fourth-order valence-electron chi connectivity index (χ4n) is 1.58. The molecule has 0 saturated carbocycles. The Hall–Kier alpha value is -1.33. The second-order valence-electron chi connectivity index (χ2n) is 4.68. The molecule has 108 valence electrons. The molecule has 19 heavy (non-hydrogen) atoms. The molecule has 0 aliphatic carbocycles. The predicted octanol–water partition coefficient (Wildman–Crippen LogP) is 2.19. The van der Waals surface area contributed by atoms with Gasteiger partial charge in [0, 0.05) is 20.3 Å². The molecule has 1 aromatic heterocycles. The summed E-state index contributed by atoms with van der Waals surface area (Å²) in [6, 6.07) is 4.08. The molecule has 1 atom stereocenters. The van der Waals surface area contributed by atoms with Crippen LogP contribution in [0.5, 0.6) is 5.88 Å². The van der Waals surface area contributed by atoms with Crippen LogP contribution in [0.2, 0.25) is 0 Å². The largest absolute Gasteiger partial charge is 0.475 e. The molecule has 0 bridgehead atoms. The number of hydrogen-bond acceptors (Lipinski definition) is 5. The van der Waals surface area contributed by atoms with Crippen LogP contribution in [0.1, 0.15) is 13.8 Å². The fraction of sp³-hybridized carbons (Fsp3) is 0.643. The van der Waals surface area contributed by atoms with E-state index in [1.807, 2.05) is 12.1 Å². The van der Waals surface area contributed by atoms with Crippen LogP contribution in [-0.4, -0.2) is 45.1 Å². The van der Waals surface area contributed by atoms with Gasteiger partial charge in [0.25, 0.3) is 0 Å². The first-order valence-electron chi connectivity index (χ1n) is 6.50. The van der Waals surface area contributed by atoms with Crippen LogP contribution in [-0.2, 0) is 9.47 Å².